The van der Waals surface area contributed by atoms with Gasteiger partial charge in [-0.15, -0.1) is 0 Å². The second-order valence-electron chi connectivity index (χ2n) is 3.89. The van der Waals surface area contributed by atoms with Crippen LogP contribution in [0.2, 0.25) is 0 Å². The largest absolute Gasteiger partial charge is 0.325 e. The van der Waals surface area contributed by atoms with Crippen molar-refractivity contribution in [2.24, 2.45) is 5.73 Å². The number of nitrogens with two attached hydrogens (primary N) is 1. The number of rotatable bonds is 2. The Labute approximate surface area is 77.8 Å². The van der Waals surface area contributed by atoms with Gasteiger partial charge < -0.3 is 5.73 Å². The SMILES string of the molecule is CC[C@@]1(N)C[C@@H]1c1ccc(F)cc1. The van der Waals surface area contributed by atoms with Gasteiger partial charge in [-0.05, 0) is 30.5 Å². The fourth-order valence-electron chi connectivity index (χ4n) is 1.86. The lowest BCUT2D eigenvalue weighted by Gasteiger charge is -2.07. The maximum Gasteiger partial charge on any atom is 0.123 e. The molecule has 1 aliphatic rings. The van der Waals surface area contributed by atoms with Crippen molar-refractivity contribution >= 4 is 0 Å². The molecule has 2 heteroatoms. The molecule has 1 aliphatic carbocycles. The molecular weight excluding hydrogens is 165 g/mol. The number of halogens is 1. The Bertz CT molecular complexity index is 306. The van der Waals surface area contributed by atoms with Crippen LogP contribution in [0.15, 0.2) is 24.3 Å². The summed E-state index contributed by atoms with van der Waals surface area (Å²) in [6.07, 6.45) is 2.03. The minimum Gasteiger partial charge on any atom is -0.325 e. The monoisotopic (exact) mass is 179 g/mol. The quantitative estimate of drug-likeness (QED) is 0.741. The molecule has 0 radical (unpaired) electrons. The lowest BCUT2D eigenvalue weighted by atomic mass is 10.1. The van der Waals surface area contributed by atoms with E-state index in [0.29, 0.717) is 5.92 Å². The molecule has 0 spiro atoms. The third kappa shape index (κ3) is 1.46. The molecule has 1 aromatic rings. The van der Waals surface area contributed by atoms with Crippen LogP contribution in [0.3, 0.4) is 0 Å². The van der Waals surface area contributed by atoms with Crippen molar-refractivity contribution in [3.63, 3.8) is 0 Å². The van der Waals surface area contributed by atoms with Gasteiger partial charge in [-0.1, -0.05) is 19.1 Å². The molecule has 2 rings (SSSR count). The van der Waals surface area contributed by atoms with Crippen LogP contribution >= 0.6 is 0 Å². The van der Waals surface area contributed by atoms with Gasteiger partial charge in [0.2, 0.25) is 0 Å². The first kappa shape index (κ1) is 8.70. The van der Waals surface area contributed by atoms with E-state index in [1.807, 2.05) is 12.1 Å². The summed E-state index contributed by atoms with van der Waals surface area (Å²) in [5.41, 5.74) is 7.22. The number of hydrogen-bond acceptors (Lipinski definition) is 1. The van der Waals surface area contributed by atoms with Crippen molar-refractivity contribution in [1.82, 2.24) is 0 Å². The zero-order chi connectivity index (χ0) is 9.47. The molecule has 0 unspecified atom stereocenters. The molecule has 0 heterocycles. The van der Waals surface area contributed by atoms with Crippen LogP contribution in [0.1, 0.15) is 31.2 Å². The first-order valence-corrected chi connectivity index (χ1v) is 4.70. The minimum absolute atomic E-state index is 0.0160. The fraction of sp³-hybridized carbons (Fsp3) is 0.455. The minimum atomic E-state index is -0.177. The van der Waals surface area contributed by atoms with Crippen molar-refractivity contribution in [3.05, 3.63) is 35.6 Å². The molecule has 0 bridgehead atoms. The Morgan fingerprint density at radius 1 is 1.46 bits per heavy atom. The maximum atomic E-state index is 12.6. The van der Waals surface area contributed by atoms with E-state index in [9.17, 15) is 4.39 Å². The summed E-state index contributed by atoms with van der Waals surface area (Å²) in [6.45, 7) is 2.10. The van der Waals surface area contributed by atoms with Crippen LogP contribution in [-0.2, 0) is 0 Å². The predicted molar refractivity (Wildman–Crippen MR) is 51.0 cm³/mol. The average Bonchev–Trinajstić information content (AvgIpc) is 2.81. The summed E-state index contributed by atoms with van der Waals surface area (Å²) < 4.78 is 12.6. The van der Waals surface area contributed by atoms with E-state index in [1.54, 1.807) is 0 Å². The van der Waals surface area contributed by atoms with Gasteiger partial charge in [-0.2, -0.15) is 0 Å². The van der Waals surface area contributed by atoms with Crippen LogP contribution in [-0.4, -0.2) is 5.54 Å². The van der Waals surface area contributed by atoms with Gasteiger partial charge >= 0.3 is 0 Å². The molecule has 2 atom stereocenters. The summed E-state index contributed by atoms with van der Waals surface area (Å²) in [6, 6.07) is 6.68. The number of hydrogen-bond donors (Lipinski definition) is 1. The van der Waals surface area contributed by atoms with E-state index >= 15 is 0 Å². The molecule has 1 saturated carbocycles. The standard InChI is InChI=1S/C11H14FN/c1-2-11(13)7-10(11)8-3-5-9(12)6-4-8/h3-6,10H,2,7,13H2,1H3/t10-,11-/m1/s1. The van der Waals surface area contributed by atoms with E-state index < -0.39 is 0 Å². The molecule has 1 fully saturated rings. The van der Waals surface area contributed by atoms with E-state index in [2.05, 4.69) is 6.92 Å². The smallest absolute Gasteiger partial charge is 0.123 e. The second kappa shape index (κ2) is 2.81. The average molecular weight is 179 g/mol. The van der Waals surface area contributed by atoms with Gasteiger partial charge in [-0.3, -0.25) is 0 Å². The van der Waals surface area contributed by atoms with Crippen molar-refractivity contribution in [1.29, 1.82) is 0 Å². The van der Waals surface area contributed by atoms with Gasteiger partial charge in [0.25, 0.3) is 0 Å². The molecule has 1 aromatic carbocycles. The zero-order valence-corrected chi connectivity index (χ0v) is 7.76. The lowest BCUT2D eigenvalue weighted by Crippen LogP contribution is -2.22. The van der Waals surface area contributed by atoms with Gasteiger partial charge in [-0.25, -0.2) is 4.39 Å². The van der Waals surface area contributed by atoms with Gasteiger partial charge in [0.15, 0.2) is 0 Å². The molecule has 70 valence electrons. The van der Waals surface area contributed by atoms with Crippen LogP contribution < -0.4 is 5.73 Å². The highest BCUT2D eigenvalue weighted by Crippen LogP contribution is 2.51. The van der Waals surface area contributed by atoms with Crippen molar-refractivity contribution in [2.45, 2.75) is 31.2 Å². The third-order valence-corrected chi connectivity index (χ3v) is 3.05. The summed E-state index contributed by atoms with van der Waals surface area (Å²) in [5, 5.41) is 0. The molecule has 13 heavy (non-hydrogen) atoms. The van der Waals surface area contributed by atoms with Crippen LogP contribution in [0.5, 0.6) is 0 Å². The lowest BCUT2D eigenvalue weighted by molar-refractivity contribution is 0.618. The Morgan fingerprint density at radius 3 is 2.54 bits per heavy atom. The second-order valence-corrected chi connectivity index (χ2v) is 3.89. The molecule has 0 saturated heterocycles. The first-order valence-electron chi connectivity index (χ1n) is 4.70. The van der Waals surface area contributed by atoms with Crippen LogP contribution in [0.4, 0.5) is 4.39 Å². The van der Waals surface area contributed by atoms with E-state index in [0.717, 1.165) is 12.8 Å². The van der Waals surface area contributed by atoms with Crippen LogP contribution in [0.25, 0.3) is 0 Å². The van der Waals surface area contributed by atoms with Gasteiger partial charge in [0.05, 0.1) is 0 Å². The summed E-state index contributed by atoms with van der Waals surface area (Å²) in [4.78, 5) is 0. The Hall–Kier alpha value is -0.890. The van der Waals surface area contributed by atoms with E-state index in [-0.39, 0.29) is 11.4 Å². The molecule has 0 amide bonds. The van der Waals surface area contributed by atoms with Crippen molar-refractivity contribution in [2.75, 3.05) is 0 Å². The van der Waals surface area contributed by atoms with E-state index in [4.69, 9.17) is 5.73 Å². The molecular formula is C11H14FN. The van der Waals surface area contributed by atoms with Crippen LogP contribution in [0, 0.1) is 5.82 Å². The molecule has 0 aliphatic heterocycles. The summed E-state index contributed by atoms with van der Waals surface area (Å²) in [5.74, 6) is 0.265. The zero-order valence-electron chi connectivity index (χ0n) is 7.76. The van der Waals surface area contributed by atoms with Crippen molar-refractivity contribution in [3.8, 4) is 0 Å². The maximum absolute atomic E-state index is 12.6. The fourth-order valence-corrected chi connectivity index (χ4v) is 1.86. The highest BCUT2D eigenvalue weighted by Gasteiger charge is 2.49. The predicted octanol–water partition coefficient (Wildman–Crippen LogP) is 2.42. The first-order chi connectivity index (χ1) is 6.15. The highest BCUT2D eigenvalue weighted by molar-refractivity contribution is 5.32. The Morgan fingerprint density at radius 2 is 2.08 bits per heavy atom. The Balaban J connectivity index is 2.16. The normalized spacial score (nSPS) is 31.8. The summed E-state index contributed by atoms with van der Waals surface area (Å²) in [7, 11) is 0. The molecule has 2 N–H and O–H groups in total. The molecule has 0 aromatic heterocycles. The third-order valence-electron chi connectivity index (χ3n) is 3.05. The Kier molecular flexibility index (Phi) is 1.88. The van der Waals surface area contributed by atoms with Gasteiger partial charge in [0.1, 0.15) is 5.82 Å². The highest BCUT2D eigenvalue weighted by atomic mass is 19.1. The molecule has 1 nitrogen and oxygen atoms in total. The van der Waals surface area contributed by atoms with E-state index in [1.165, 1.54) is 17.7 Å². The summed E-state index contributed by atoms with van der Waals surface area (Å²) >= 11 is 0. The number of benzene rings is 1. The topological polar surface area (TPSA) is 26.0 Å². The van der Waals surface area contributed by atoms with Crippen molar-refractivity contribution < 1.29 is 4.39 Å². The van der Waals surface area contributed by atoms with Gasteiger partial charge in [0, 0.05) is 11.5 Å².